The zero-order chi connectivity index (χ0) is 12.4. The van der Waals surface area contributed by atoms with Crippen molar-refractivity contribution < 1.29 is 18.7 Å². The minimum Gasteiger partial charge on any atom is -0.494 e. The lowest BCUT2D eigenvalue weighted by molar-refractivity contribution is 0.186. The van der Waals surface area contributed by atoms with Gasteiger partial charge < -0.3 is 13.9 Å². The minimum absolute atomic E-state index is 0.0828. The number of rotatable bonds is 2. The topological polar surface area (TPSA) is 73.6 Å². The largest absolute Gasteiger partial charge is 0.494 e. The molecule has 0 spiro atoms. The number of carbonyl (C=O) groups is 1. The molecule has 1 amide bonds. The van der Waals surface area contributed by atoms with E-state index in [0.29, 0.717) is 16.8 Å². The van der Waals surface area contributed by atoms with Crippen molar-refractivity contribution in [3.8, 4) is 5.75 Å². The van der Waals surface area contributed by atoms with Gasteiger partial charge >= 0.3 is 12.1 Å². The molecule has 0 aliphatic heterocycles. The van der Waals surface area contributed by atoms with Gasteiger partial charge in [0, 0.05) is 0 Å². The Morgan fingerprint density at radius 1 is 1.41 bits per heavy atom. The summed E-state index contributed by atoms with van der Waals surface area (Å²) < 4.78 is 15.0. The quantitative estimate of drug-likeness (QED) is 0.866. The molecule has 0 saturated heterocycles. The van der Waals surface area contributed by atoms with E-state index in [2.05, 4.69) is 15.0 Å². The van der Waals surface area contributed by atoms with Gasteiger partial charge in [-0.05, 0) is 18.6 Å². The van der Waals surface area contributed by atoms with Gasteiger partial charge in [-0.1, -0.05) is 6.07 Å². The van der Waals surface area contributed by atoms with E-state index in [1.165, 1.54) is 7.11 Å². The second kappa shape index (κ2) is 4.32. The van der Waals surface area contributed by atoms with E-state index in [9.17, 15) is 4.79 Å². The Hall–Kier alpha value is -2.24. The van der Waals surface area contributed by atoms with Crippen LogP contribution in [0.4, 0.5) is 10.8 Å². The molecule has 2 aromatic rings. The van der Waals surface area contributed by atoms with Gasteiger partial charge in [-0.2, -0.15) is 4.98 Å². The van der Waals surface area contributed by atoms with Crippen molar-refractivity contribution in [3.63, 3.8) is 0 Å². The summed E-state index contributed by atoms with van der Waals surface area (Å²) in [6, 6.07) is 3.73. The highest BCUT2D eigenvalue weighted by Gasteiger charge is 2.14. The van der Waals surface area contributed by atoms with Crippen molar-refractivity contribution in [3.05, 3.63) is 17.7 Å². The van der Waals surface area contributed by atoms with E-state index in [4.69, 9.17) is 9.15 Å². The van der Waals surface area contributed by atoms with Gasteiger partial charge in [0.1, 0.15) is 5.75 Å². The van der Waals surface area contributed by atoms with Crippen LogP contribution >= 0.6 is 0 Å². The molecule has 0 bridgehead atoms. The molecule has 0 saturated carbocycles. The fourth-order valence-corrected chi connectivity index (χ4v) is 1.47. The van der Waals surface area contributed by atoms with Crippen molar-refractivity contribution in [1.82, 2.24) is 4.98 Å². The first-order chi connectivity index (χ1) is 8.15. The average molecular weight is 236 g/mol. The Bertz CT molecular complexity index is 562. The number of carbonyl (C=O) groups excluding carboxylic acids is 1. The second-order valence-electron chi connectivity index (χ2n) is 3.40. The molecule has 1 aromatic heterocycles. The molecule has 0 radical (unpaired) electrons. The summed E-state index contributed by atoms with van der Waals surface area (Å²) in [7, 11) is 2.82. The Balaban J connectivity index is 2.48. The third kappa shape index (κ3) is 2.01. The first-order valence-electron chi connectivity index (χ1n) is 4.95. The van der Waals surface area contributed by atoms with Crippen molar-refractivity contribution in [2.75, 3.05) is 19.5 Å². The molecule has 1 aromatic carbocycles. The van der Waals surface area contributed by atoms with Gasteiger partial charge in [-0.3, -0.25) is 0 Å². The van der Waals surface area contributed by atoms with Crippen LogP contribution in [0.1, 0.15) is 5.56 Å². The minimum atomic E-state index is -0.631. The highest BCUT2D eigenvalue weighted by atomic mass is 16.5. The van der Waals surface area contributed by atoms with E-state index < -0.39 is 6.09 Å². The lowest BCUT2D eigenvalue weighted by Gasteiger charge is -1.99. The van der Waals surface area contributed by atoms with Crippen LogP contribution in [-0.2, 0) is 4.74 Å². The van der Waals surface area contributed by atoms with Crippen LogP contribution in [0.25, 0.3) is 11.1 Å². The van der Waals surface area contributed by atoms with E-state index in [-0.39, 0.29) is 6.01 Å². The number of amides is 1. The van der Waals surface area contributed by atoms with Crippen LogP contribution in [0, 0.1) is 6.92 Å². The van der Waals surface area contributed by atoms with Crippen molar-refractivity contribution in [1.29, 1.82) is 0 Å². The molecule has 1 heterocycles. The van der Waals surface area contributed by atoms with Crippen LogP contribution in [0.2, 0.25) is 0 Å². The van der Waals surface area contributed by atoms with Crippen LogP contribution < -0.4 is 10.1 Å². The summed E-state index contributed by atoms with van der Waals surface area (Å²) in [5.41, 5.74) is 2.06. The van der Waals surface area contributed by atoms with E-state index in [1.807, 2.05) is 13.0 Å². The molecule has 2 rings (SSSR count). The first kappa shape index (κ1) is 11.3. The molecule has 0 atom stereocenters. The van der Waals surface area contributed by atoms with Gasteiger partial charge in [0.25, 0.3) is 0 Å². The number of oxazole rings is 1. The van der Waals surface area contributed by atoms with Gasteiger partial charge in [0.2, 0.25) is 0 Å². The third-order valence-electron chi connectivity index (χ3n) is 2.32. The maximum Gasteiger partial charge on any atom is 0.414 e. The Kier molecular flexibility index (Phi) is 2.86. The molecular weight excluding hydrogens is 224 g/mol. The molecule has 1 N–H and O–H groups in total. The zero-order valence-electron chi connectivity index (χ0n) is 9.73. The van der Waals surface area contributed by atoms with E-state index >= 15 is 0 Å². The average Bonchev–Trinajstić information content (AvgIpc) is 2.74. The number of nitrogens with one attached hydrogen (secondary N) is 1. The highest BCUT2D eigenvalue weighted by Crippen LogP contribution is 2.30. The molecule has 0 aliphatic rings. The summed E-state index contributed by atoms with van der Waals surface area (Å²) in [5, 5.41) is 2.37. The molecular formula is C11H12N2O4. The third-order valence-corrected chi connectivity index (χ3v) is 2.32. The Morgan fingerprint density at radius 3 is 2.82 bits per heavy atom. The predicted molar refractivity (Wildman–Crippen MR) is 61.3 cm³/mol. The number of aryl methyl sites for hydroxylation is 1. The van der Waals surface area contributed by atoms with Gasteiger partial charge in [-0.25, -0.2) is 10.1 Å². The lowest BCUT2D eigenvalue weighted by Crippen LogP contribution is -2.10. The number of hydrogen-bond donors (Lipinski definition) is 1. The SMILES string of the molecule is COC(=O)Nc1nc2c(OC)ccc(C)c2o1. The zero-order valence-corrected chi connectivity index (χ0v) is 9.73. The predicted octanol–water partition coefficient (Wildman–Crippen LogP) is 2.32. The first-order valence-corrected chi connectivity index (χ1v) is 4.95. The molecule has 6 nitrogen and oxygen atoms in total. The standard InChI is InChI=1S/C11H12N2O4/c1-6-4-5-7(15-2)8-9(6)17-10(12-8)13-11(14)16-3/h4-5H,1-3H3,(H,12,13,14). The summed E-state index contributed by atoms with van der Waals surface area (Å²) in [5.74, 6) is 0.590. The Labute approximate surface area is 97.5 Å². The van der Waals surface area contributed by atoms with E-state index in [0.717, 1.165) is 5.56 Å². The molecule has 0 unspecified atom stereocenters. The number of anilines is 1. The molecule has 6 heteroatoms. The molecule has 0 aliphatic carbocycles. The summed E-state index contributed by atoms with van der Waals surface area (Å²) in [6.07, 6.45) is -0.631. The highest BCUT2D eigenvalue weighted by molar-refractivity contribution is 5.87. The number of fused-ring (bicyclic) bond motifs is 1. The summed E-state index contributed by atoms with van der Waals surface area (Å²) >= 11 is 0. The number of ether oxygens (including phenoxy) is 2. The number of aromatic nitrogens is 1. The number of benzene rings is 1. The van der Waals surface area contributed by atoms with Crippen molar-refractivity contribution in [2.24, 2.45) is 0 Å². The Morgan fingerprint density at radius 2 is 2.18 bits per heavy atom. The summed E-state index contributed by atoms with van der Waals surface area (Å²) in [6.45, 7) is 1.88. The van der Waals surface area contributed by atoms with Crippen LogP contribution in [0.3, 0.4) is 0 Å². The van der Waals surface area contributed by atoms with Crippen LogP contribution in [-0.4, -0.2) is 25.3 Å². The van der Waals surface area contributed by atoms with Crippen LogP contribution in [0.15, 0.2) is 16.5 Å². The van der Waals surface area contributed by atoms with Gasteiger partial charge in [-0.15, -0.1) is 0 Å². The summed E-state index contributed by atoms with van der Waals surface area (Å²) in [4.78, 5) is 15.2. The maximum absolute atomic E-state index is 11.0. The van der Waals surface area contributed by atoms with Crippen molar-refractivity contribution >= 4 is 23.2 Å². The lowest BCUT2D eigenvalue weighted by atomic mass is 10.2. The normalized spacial score (nSPS) is 10.3. The fourth-order valence-electron chi connectivity index (χ4n) is 1.47. The number of nitrogens with zero attached hydrogens (tertiary/aromatic N) is 1. The maximum atomic E-state index is 11.0. The second-order valence-corrected chi connectivity index (χ2v) is 3.40. The molecule has 90 valence electrons. The van der Waals surface area contributed by atoms with Crippen LogP contribution in [0.5, 0.6) is 5.75 Å². The number of methoxy groups -OCH3 is 2. The monoisotopic (exact) mass is 236 g/mol. The van der Waals surface area contributed by atoms with E-state index in [1.54, 1.807) is 13.2 Å². The number of hydrogen-bond acceptors (Lipinski definition) is 5. The molecule has 0 fully saturated rings. The van der Waals surface area contributed by atoms with Gasteiger partial charge in [0.05, 0.1) is 14.2 Å². The van der Waals surface area contributed by atoms with Gasteiger partial charge in [0.15, 0.2) is 11.1 Å². The molecule has 17 heavy (non-hydrogen) atoms. The van der Waals surface area contributed by atoms with Crippen molar-refractivity contribution in [2.45, 2.75) is 6.92 Å². The fraction of sp³-hybridized carbons (Fsp3) is 0.273. The smallest absolute Gasteiger partial charge is 0.414 e.